The van der Waals surface area contributed by atoms with Crippen molar-refractivity contribution in [3.05, 3.63) is 54.1 Å². The number of hydrogen-bond acceptors (Lipinski definition) is 7. The second kappa shape index (κ2) is 9.24. The fraction of sp³-hybridized carbons (Fsp3) is 0.273. The predicted octanol–water partition coefficient (Wildman–Crippen LogP) is 4.22. The van der Waals surface area contributed by atoms with E-state index < -0.39 is 46.7 Å². The molecule has 1 aromatic carbocycles. The molecule has 0 aliphatic carbocycles. The molecule has 3 aromatic rings. The van der Waals surface area contributed by atoms with Crippen molar-refractivity contribution in [3.8, 4) is 22.9 Å². The molecule has 4 N–H and O–H groups in total. The van der Waals surface area contributed by atoms with Gasteiger partial charge in [-0.25, -0.2) is 32.9 Å². The van der Waals surface area contributed by atoms with E-state index in [1.807, 2.05) is 0 Å². The number of aromatic nitrogens is 3. The minimum atomic E-state index is -1.75. The number of amides is 1. The van der Waals surface area contributed by atoms with Crippen LogP contribution >= 0.6 is 0 Å². The Morgan fingerprint density at radius 3 is 2.77 bits per heavy atom. The molecule has 1 aliphatic rings. The van der Waals surface area contributed by atoms with Crippen molar-refractivity contribution in [1.82, 2.24) is 19.9 Å². The topological polar surface area (TPSA) is 126 Å². The normalized spacial score (nSPS) is 19.9. The minimum absolute atomic E-state index is 0.0250. The zero-order valence-corrected chi connectivity index (χ0v) is 18.3. The van der Waals surface area contributed by atoms with E-state index in [1.165, 1.54) is 37.5 Å². The lowest BCUT2D eigenvalue weighted by Gasteiger charge is -2.38. The highest BCUT2D eigenvalue weighted by Crippen LogP contribution is 2.35. The number of benzene rings is 1. The van der Waals surface area contributed by atoms with Crippen LogP contribution in [0.15, 0.2) is 36.7 Å². The minimum Gasteiger partial charge on any atom is -0.465 e. The number of piperidine rings is 1. The number of nitrogens with one attached hydrogen (secondary N) is 1. The van der Waals surface area contributed by atoms with Crippen molar-refractivity contribution in [2.75, 3.05) is 24.1 Å². The van der Waals surface area contributed by atoms with Gasteiger partial charge in [-0.15, -0.1) is 0 Å². The second-order valence-electron chi connectivity index (χ2n) is 8.24. The Labute approximate surface area is 196 Å². The number of ether oxygens (including phenoxy) is 1. The molecule has 0 radical (unpaired) electrons. The SMILES string of the molecule is C[C@]1(F)C[C@H](Nc2nccc(-c3cccnc3Oc3cc(F)c(N)c(F)c3F)n2)CN(C(=O)O)C1. The zero-order chi connectivity index (χ0) is 25.3. The highest BCUT2D eigenvalue weighted by atomic mass is 19.2. The molecule has 35 heavy (non-hydrogen) atoms. The van der Waals surface area contributed by atoms with Crippen LogP contribution < -0.4 is 15.8 Å². The van der Waals surface area contributed by atoms with Crippen molar-refractivity contribution < 1.29 is 32.2 Å². The Morgan fingerprint density at radius 1 is 1.26 bits per heavy atom. The van der Waals surface area contributed by atoms with E-state index in [0.717, 1.165) is 4.90 Å². The van der Waals surface area contributed by atoms with Crippen LogP contribution in [0.5, 0.6) is 11.6 Å². The first-order chi connectivity index (χ1) is 16.5. The van der Waals surface area contributed by atoms with Crippen molar-refractivity contribution in [1.29, 1.82) is 0 Å². The summed E-state index contributed by atoms with van der Waals surface area (Å²) in [5.41, 5.74) is 2.92. The average Bonchev–Trinajstić information content (AvgIpc) is 2.80. The molecule has 2 atom stereocenters. The fourth-order valence-corrected chi connectivity index (χ4v) is 3.81. The van der Waals surface area contributed by atoms with Gasteiger partial charge in [0.1, 0.15) is 11.4 Å². The lowest BCUT2D eigenvalue weighted by atomic mass is 9.93. The molecule has 0 saturated carbocycles. The first-order valence-electron chi connectivity index (χ1n) is 10.4. The smallest absolute Gasteiger partial charge is 0.407 e. The zero-order valence-electron chi connectivity index (χ0n) is 18.3. The van der Waals surface area contributed by atoms with Crippen LogP contribution in [0.4, 0.5) is 34.0 Å². The maximum absolute atomic E-state index is 14.7. The van der Waals surface area contributed by atoms with E-state index in [4.69, 9.17) is 10.5 Å². The number of nitrogens with zero attached hydrogens (tertiary/aromatic N) is 4. The van der Waals surface area contributed by atoms with Gasteiger partial charge >= 0.3 is 6.09 Å². The molecule has 184 valence electrons. The first kappa shape index (κ1) is 24.0. The summed E-state index contributed by atoms with van der Waals surface area (Å²) in [7, 11) is 0. The van der Waals surface area contributed by atoms with Crippen LogP contribution in [0.1, 0.15) is 13.3 Å². The van der Waals surface area contributed by atoms with E-state index in [0.29, 0.717) is 6.07 Å². The molecular formula is C22H20F4N6O3. The van der Waals surface area contributed by atoms with Gasteiger partial charge in [0.15, 0.2) is 17.4 Å². The molecular weight excluding hydrogens is 472 g/mol. The number of carboxylic acid groups (broad SMARTS) is 1. The summed E-state index contributed by atoms with van der Waals surface area (Å²) in [6, 6.07) is 4.55. The van der Waals surface area contributed by atoms with Gasteiger partial charge in [0.2, 0.25) is 17.6 Å². The number of nitrogen functional groups attached to an aromatic ring is 1. The molecule has 13 heteroatoms. The maximum Gasteiger partial charge on any atom is 0.407 e. The molecule has 2 aromatic heterocycles. The summed E-state index contributed by atoms with van der Waals surface area (Å²) in [5, 5.41) is 12.2. The van der Waals surface area contributed by atoms with Gasteiger partial charge in [-0.2, -0.15) is 4.39 Å². The number of carbonyl (C=O) groups is 1. The number of rotatable bonds is 5. The molecule has 0 unspecified atom stereocenters. The van der Waals surface area contributed by atoms with Gasteiger partial charge in [-0.1, -0.05) is 0 Å². The predicted molar refractivity (Wildman–Crippen MR) is 117 cm³/mol. The van der Waals surface area contributed by atoms with E-state index in [2.05, 4.69) is 20.3 Å². The number of likely N-dealkylation sites (tertiary alicyclic amines) is 1. The summed E-state index contributed by atoms with van der Waals surface area (Å²) in [6.07, 6.45) is 1.50. The van der Waals surface area contributed by atoms with E-state index in [-0.39, 0.29) is 42.6 Å². The molecule has 9 nitrogen and oxygen atoms in total. The summed E-state index contributed by atoms with van der Waals surface area (Å²) in [6.45, 7) is 1.09. The molecule has 0 bridgehead atoms. The molecule has 1 aliphatic heterocycles. The van der Waals surface area contributed by atoms with Crippen LogP contribution in [-0.2, 0) is 0 Å². The molecule has 1 saturated heterocycles. The number of nitrogens with two attached hydrogens (primary N) is 1. The molecule has 3 heterocycles. The van der Waals surface area contributed by atoms with E-state index >= 15 is 0 Å². The van der Waals surface area contributed by atoms with Gasteiger partial charge in [0.25, 0.3) is 0 Å². The van der Waals surface area contributed by atoms with Gasteiger partial charge < -0.3 is 25.8 Å². The third kappa shape index (κ3) is 5.18. The molecule has 0 spiro atoms. The molecule has 1 amide bonds. The van der Waals surface area contributed by atoms with E-state index in [1.54, 1.807) is 0 Å². The number of hydrogen-bond donors (Lipinski definition) is 3. The summed E-state index contributed by atoms with van der Waals surface area (Å²) in [4.78, 5) is 24.7. The monoisotopic (exact) mass is 492 g/mol. The Bertz CT molecular complexity index is 1280. The highest BCUT2D eigenvalue weighted by Gasteiger charge is 2.38. The van der Waals surface area contributed by atoms with Crippen LogP contribution in [0.2, 0.25) is 0 Å². The number of pyridine rings is 1. The first-order valence-corrected chi connectivity index (χ1v) is 10.4. The maximum atomic E-state index is 14.7. The Morgan fingerprint density at radius 2 is 2.03 bits per heavy atom. The second-order valence-corrected chi connectivity index (χ2v) is 8.24. The van der Waals surface area contributed by atoms with E-state index in [9.17, 15) is 27.5 Å². The summed E-state index contributed by atoms with van der Waals surface area (Å²) in [5.74, 6) is -5.17. The summed E-state index contributed by atoms with van der Waals surface area (Å²) < 4.78 is 61.9. The lowest BCUT2D eigenvalue weighted by Crippen LogP contribution is -2.54. The van der Waals surface area contributed by atoms with Crippen molar-refractivity contribution in [2.24, 2.45) is 0 Å². The van der Waals surface area contributed by atoms with Crippen LogP contribution in [0, 0.1) is 17.5 Å². The van der Waals surface area contributed by atoms with Gasteiger partial charge in [-0.05, 0) is 25.1 Å². The lowest BCUT2D eigenvalue weighted by molar-refractivity contribution is 0.0517. The number of anilines is 2. The van der Waals surface area contributed by atoms with Crippen LogP contribution in [0.25, 0.3) is 11.3 Å². The fourth-order valence-electron chi connectivity index (χ4n) is 3.81. The van der Waals surface area contributed by atoms with Crippen molar-refractivity contribution >= 4 is 17.7 Å². The Balaban J connectivity index is 1.61. The largest absolute Gasteiger partial charge is 0.465 e. The van der Waals surface area contributed by atoms with Crippen LogP contribution in [0.3, 0.4) is 0 Å². The molecule has 1 fully saturated rings. The third-order valence-corrected chi connectivity index (χ3v) is 5.31. The van der Waals surface area contributed by atoms with Crippen molar-refractivity contribution in [2.45, 2.75) is 25.1 Å². The molecule has 4 rings (SSSR count). The van der Waals surface area contributed by atoms with Gasteiger partial charge in [0.05, 0.1) is 17.8 Å². The Kier molecular flexibility index (Phi) is 6.33. The van der Waals surface area contributed by atoms with Gasteiger partial charge in [0, 0.05) is 37.5 Å². The summed E-state index contributed by atoms with van der Waals surface area (Å²) >= 11 is 0. The third-order valence-electron chi connectivity index (χ3n) is 5.31. The highest BCUT2D eigenvalue weighted by molar-refractivity contribution is 5.67. The Hall–Kier alpha value is -4.16. The quantitative estimate of drug-likeness (QED) is 0.275. The van der Waals surface area contributed by atoms with Crippen molar-refractivity contribution in [3.63, 3.8) is 0 Å². The number of alkyl halides is 1. The van der Waals surface area contributed by atoms with Gasteiger partial charge in [-0.3, -0.25) is 0 Å². The van der Waals surface area contributed by atoms with Crippen LogP contribution in [-0.4, -0.2) is 55.9 Å². The average molecular weight is 492 g/mol. The number of halogens is 4. The standard InChI is InChI=1S/C22H20F4N6O3/c1-22(26)8-11(9-32(10-22)21(33)34)30-20-29-6-4-14(31-20)12-3-2-5-28-19(12)35-15-7-13(23)18(27)17(25)16(15)24/h2-7,11H,8-10,27H2,1H3,(H,33,34)(H,29,30,31)/t11-,22-/m0/s1.